The predicted molar refractivity (Wildman–Crippen MR) is 63.5 cm³/mol. The molecule has 1 aliphatic carbocycles. The van der Waals surface area contributed by atoms with Gasteiger partial charge in [0.1, 0.15) is 0 Å². The molecule has 0 radical (unpaired) electrons. The summed E-state index contributed by atoms with van der Waals surface area (Å²) < 4.78 is 0. The Morgan fingerprint density at radius 1 is 1.36 bits per heavy atom. The molecule has 1 heteroatoms. The first kappa shape index (κ1) is 12.0. The zero-order chi connectivity index (χ0) is 10.6. The van der Waals surface area contributed by atoms with Gasteiger partial charge < -0.3 is 5.32 Å². The van der Waals surface area contributed by atoms with Crippen molar-refractivity contribution < 1.29 is 0 Å². The molecule has 0 amide bonds. The van der Waals surface area contributed by atoms with Crippen molar-refractivity contribution in [2.45, 2.75) is 65.8 Å². The standard InChI is InChI=1S/C13H27N/c1-5-10-14-11(2)12-8-6-7-9-13(12,3)4/h11-12,14H,5-10H2,1-4H3. The Balaban J connectivity index is 2.46. The van der Waals surface area contributed by atoms with E-state index >= 15 is 0 Å². The first-order valence-electron chi connectivity index (χ1n) is 6.31. The van der Waals surface area contributed by atoms with Crippen LogP contribution in [0.25, 0.3) is 0 Å². The van der Waals surface area contributed by atoms with E-state index < -0.39 is 0 Å². The molecule has 2 atom stereocenters. The second-order valence-corrected chi connectivity index (χ2v) is 5.58. The third kappa shape index (κ3) is 2.98. The zero-order valence-electron chi connectivity index (χ0n) is 10.4. The normalized spacial score (nSPS) is 28.7. The van der Waals surface area contributed by atoms with Gasteiger partial charge in [-0.1, -0.05) is 33.6 Å². The average Bonchev–Trinajstić information content (AvgIpc) is 2.13. The molecule has 2 unspecified atom stereocenters. The van der Waals surface area contributed by atoms with Gasteiger partial charge in [-0.2, -0.15) is 0 Å². The maximum atomic E-state index is 3.66. The first-order valence-corrected chi connectivity index (χ1v) is 6.31. The van der Waals surface area contributed by atoms with Crippen molar-refractivity contribution >= 4 is 0 Å². The van der Waals surface area contributed by atoms with Gasteiger partial charge in [-0.15, -0.1) is 0 Å². The van der Waals surface area contributed by atoms with Crippen LogP contribution in [0.3, 0.4) is 0 Å². The molecule has 0 bridgehead atoms. The molecule has 1 nitrogen and oxygen atoms in total. The van der Waals surface area contributed by atoms with Gasteiger partial charge in [0.05, 0.1) is 0 Å². The molecule has 0 spiro atoms. The second-order valence-electron chi connectivity index (χ2n) is 5.58. The summed E-state index contributed by atoms with van der Waals surface area (Å²) in [7, 11) is 0. The summed E-state index contributed by atoms with van der Waals surface area (Å²) in [5.74, 6) is 0.878. The van der Waals surface area contributed by atoms with E-state index in [1.165, 1.54) is 38.6 Å². The smallest absolute Gasteiger partial charge is 0.00720 e. The summed E-state index contributed by atoms with van der Waals surface area (Å²) in [5.41, 5.74) is 0.554. The molecule has 0 aromatic rings. The lowest BCUT2D eigenvalue weighted by Gasteiger charge is -2.42. The van der Waals surface area contributed by atoms with Gasteiger partial charge in [0, 0.05) is 6.04 Å². The molecule has 1 N–H and O–H groups in total. The van der Waals surface area contributed by atoms with Gasteiger partial charge in [-0.25, -0.2) is 0 Å². The van der Waals surface area contributed by atoms with Crippen molar-refractivity contribution in [3.05, 3.63) is 0 Å². The van der Waals surface area contributed by atoms with Crippen molar-refractivity contribution in [2.75, 3.05) is 6.54 Å². The van der Waals surface area contributed by atoms with Crippen LogP contribution in [0.2, 0.25) is 0 Å². The summed E-state index contributed by atoms with van der Waals surface area (Å²) in [5, 5.41) is 3.66. The maximum absolute atomic E-state index is 3.66. The number of nitrogens with one attached hydrogen (secondary N) is 1. The van der Waals surface area contributed by atoms with Crippen molar-refractivity contribution in [3.8, 4) is 0 Å². The Bertz CT molecular complexity index is 163. The Kier molecular flexibility index (Phi) is 4.43. The fraction of sp³-hybridized carbons (Fsp3) is 1.00. The Labute approximate surface area is 89.7 Å². The highest BCUT2D eigenvalue weighted by atomic mass is 14.9. The van der Waals surface area contributed by atoms with E-state index in [1.807, 2.05) is 0 Å². The third-order valence-corrected chi connectivity index (χ3v) is 3.91. The number of hydrogen-bond acceptors (Lipinski definition) is 1. The zero-order valence-corrected chi connectivity index (χ0v) is 10.4. The quantitative estimate of drug-likeness (QED) is 0.726. The van der Waals surface area contributed by atoms with Crippen LogP contribution < -0.4 is 5.32 Å². The van der Waals surface area contributed by atoms with Gasteiger partial charge in [-0.3, -0.25) is 0 Å². The van der Waals surface area contributed by atoms with E-state index in [2.05, 4.69) is 33.0 Å². The highest BCUT2D eigenvalue weighted by Gasteiger charge is 2.35. The highest BCUT2D eigenvalue weighted by Crippen LogP contribution is 2.42. The monoisotopic (exact) mass is 197 g/mol. The number of hydrogen-bond donors (Lipinski definition) is 1. The molecular weight excluding hydrogens is 170 g/mol. The van der Waals surface area contributed by atoms with E-state index in [4.69, 9.17) is 0 Å². The lowest BCUT2D eigenvalue weighted by molar-refractivity contribution is 0.105. The van der Waals surface area contributed by atoms with Crippen molar-refractivity contribution in [2.24, 2.45) is 11.3 Å². The van der Waals surface area contributed by atoms with Crippen LogP contribution in [0, 0.1) is 11.3 Å². The van der Waals surface area contributed by atoms with Crippen molar-refractivity contribution in [1.29, 1.82) is 0 Å². The molecule has 0 saturated heterocycles. The minimum Gasteiger partial charge on any atom is -0.314 e. The molecule has 0 aromatic carbocycles. The first-order chi connectivity index (χ1) is 6.58. The Morgan fingerprint density at radius 2 is 2.07 bits per heavy atom. The SMILES string of the molecule is CCCNC(C)C1CCCCC1(C)C. The minimum atomic E-state index is 0.554. The van der Waals surface area contributed by atoms with Crippen LogP contribution in [0.15, 0.2) is 0 Å². The van der Waals surface area contributed by atoms with Crippen molar-refractivity contribution in [1.82, 2.24) is 5.32 Å². The summed E-state index contributed by atoms with van der Waals surface area (Å²) in [6.45, 7) is 10.7. The molecule has 0 heterocycles. The summed E-state index contributed by atoms with van der Waals surface area (Å²) >= 11 is 0. The van der Waals surface area contributed by atoms with Gasteiger partial charge in [0.25, 0.3) is 0 Å². The van der Waals surface area contributed by atoms with E-state index in [1.54, 1.807) is 0 Å². The summed E-state index contributed by atoms with van der Waals surface area (Å²) in [6.07, 6.45) is 6.95. The minimum absolute atomic E-state index is 0.554. The van der Waals surface area contributed by atoms with Crippen molar-refractivity contribution in [3.63, 3.8) is 0 Å². The lowest BCUT2D eigenvalue weighted by atomic mass is 9.66. The predicted octanol–water partition coefficient (Wildman–Crippen LogP) is 3.59. The van der Waals surface area contributed by atoms with Gasteiger partial charge >= 0.3 is 0 Å². The molecule has 1 fully saturated rings. The van der Waals surface area contributed by atoms with E-state index in [-0.39, 0.29) is 0 Å². The van der Waals surface area contributed by atoms with E-state index in [9.17, 15) is 0 Å². The highest BCUT2D eigenvalue weighted by molar-refractivity contribution is 4.88. The van der Waals surface area contributed by atoms with Crippen LogP contribution in [0.4, 0.5) is 0 Å². The fourth-order valence-corrected chi connectivity index (χ4v) is 2.96. The average molecular weight is 197 g/mol. The molecule has 0 aliphatic heterocycles. The Hall–Kier alpha value is -0.0400. The van der Waals surface area contributed by atoms with Gasteiger partial charge in [-0.05, 0) is 44.1 Å². The fourth-order valence-electron chi connectivity index (χ4n) is 2.96. The van der Waals surface area contributed by atoms with Crippen LogP contribution in [0.5, 0.6) is 0 Å². The van der Waals surface area contributed by atoms with Crippen LogP contribution >= 0.6 is 0 Å². The molecule has 0 aromatic heterocycles. The maximum Gasteiger partial charge on any atom is 0.00720 e. The van der Waals surface area contributed by atoms with Gasteiger partial charge in [0.15, 0.2) is 0 Å². The molecule has 1 aliphatic rings. The molecule has 14 heavy (non-hydrogen) atoms. The van der Waals surface area contributed by atoms with E-state index in [0.717, 1.165) is 5.92 Å². The lowest BCUT2D eigenvalue weighted by Crippen LogP contribution is -2.43. The summed E-state index contributed by atoms with van der Waals surface area (Å²) in [6, 6.07) is 0.699. The van der Waals surface area contributed by atoms with Crippen LogP contribution in [0.1, 0.15) is 59.8 Å². The molecule has 84 valence electrons. The topological polar surface area (TPSA) is 12.0 Å². The van der Waals surface area contributed by atoms with Gasteiger partial charge in [0.2, 0.25) is 0 Å². The number of rotatable bonds is 4. The Morgan fingerprint density at radius 3 is 2.64 bits per heavy atom. The molecule has 1 saturated carbocycles. The summed E-state index contributed by atoms with van der Waals surface area (Å²) in [4.78, 5) is 0. The van der Waals surface area contributed by atoms with Crippen LogP contribution in [-0.4, -0.2) is 12.6 Å². The van der Waals surface area contributed by atoms with Crippen LogP contribution in [-0.2, 0) is 0 Å². The molecular formula is C13H27N. The molecule has 1 rings (SSSR count). The van der Waals surface area contributed by atoms with E-state index in [0.29, 0.717) is 11.5 Å². The third-order valence-electron chi connectivity index (χ3n) is 3.91. The second kappa shape index (κ2) is 5.16. The largest absolute Gasteiger partial charge is 0.314 e.